The lowest BCUT2D eigenvalue weighted by molar-refractivity contribution is 0.665. The van der Waals surface area contributed by atoms with Crippen molar-refractivity contribution in [2.45, 2.75) is 12.8 Å². The molecule has 0 saturated heterocycles. The first-order chi connectivity index (χ1) is 10.8. The molecule has 3 rings (SSSR count). The van der Waals surface area contributed by atoms with Crippen molar-refractivity contribution in [3.8, 4) is 0 Å². The second kappa shape index (κ2) is 6.94. The molecule has 22 heavy (non-hydrogen) atoms. The maximum absolute atomic E-state index is 8.16. The van der Waals surface area contributed by atoms with Crippen LogP contribution in [0.5, 0.6) is 0 Å². The second-order valence-corrected chi connectivity index (χ2v) is 6.46. The first kappa shape index (κ1) is 15.1. The zero-order valence-electron chi connectivity index (χ0n) is 12.9. The standard InChI is InChI=1S/C17H22N4S/c1-19-8-10-21-9-2-4-13-6-7-14(12-15(13)21)20-17(18)16-5-3-11-22-16/h3,5-7,11-12,19H,2,4,8-10H2,1H3,(H2,18,20). The van der Waals surface area contributed by atoms with Crippen LogP contribution in [0.25, 0.3) is 0 Å². The SMILES string of the molecule is CNCCN1CCCc2ccc(NC(=N)c3cccs3)cc21. The van der Waals surface area contributed by atoms with Crippen LogP contribution >= 0.6 is 11.3 Å². The third-order valence-electron chi connectivity index (χ3n) is 3.97. The van der Waals surface area contributed by atoms with Gasteiger partial charge in [0.1, 0.15) is 5.84 Å². The molecule has 0 spiro atoms. The maximum atomic E-state index is 8.16. The van der Waals surface area contributed by atoms with Gasteiger partial charge < -0.3 is 15.5 Å². The van der Waals surface area contributed by atoms with E-state index in [0.29, 0.717) is 5.84 Å². The van der Waals surface area contributed by atoms with Crippen LogP contribution in [-0.2, 0) is 6.42 Å². The molecule has 5 heteroatoms. The molecule has 1 aliphatic heterocycles. The Labute approximate surface area is 135 Å². The van der Waals surface area contributed by atoms with Crippen LogP contribution in [0.1, 0.15) is 16.9 Å². The minimum atomic E-state index is 0.465. The highest BCUT2D eigenvalue weighted by atomic mass is 32.1. The summed E-state index contributed by atoms with van der Waals surface area (Å²) in [5.41, 5.74) is 3.72. The number of anilines is 2. The van der Waals surface area contributed by atoms with Crippen LogP contribution in [0.2, 0.25) is 0 Å². The Hall–Kier alpha value is -1.85. The molecule has 0 fully saturated rings. The van der Waals surface area contributed by atoms with Crippen LogP contribution in [-0.4, -0.2) is 32.5 Å². The molecule has 0 atom stereocenters. The zero-order valence-corrected chi connectivity index (χ0v) is 13.7. The normalized spacial score (nSPS) is 13.8. The summed E-state index contributed by atoms with van der Waals surface area (Å²) >= 11 is 1.58. The second-order valence-electron chi connectivity index (χ2n) is 5.51. The van der Waals surface area contributed by atoms with Gasteiger partial charge >= 0.3 is 0 Å². The molecule has 1 aliphatic rings. The number of hydrogen-bond acceptors (Lipinski definition) is 4. The minimum absolute atomic E-state index is 0.465. The first-order valence-electron chi connectivity index (χ1n) is 7.70. The third-order valence-corrected chi connectivity index (χ3v) is 4.86. The lowest BCUT2D eigenvalue weighted by atomic mass is 10.0. The van der Waals surface area contributed by atoms with Crippen LogP contribution in [0.3, 0.4) is 0 Å². The number of nitrogens with one attached hydrogen (secondary N) is 3. The number of fused-ring (bicyclic) bond motifs is 1. The summed E-state index contributed by atoms with van der Waals surface area (Å²) in [6.45, 7) is 3.12. The molecule has 0 aliphatic carbocycles. The Morgan fingerprint density at radius 3 is 3.05 bits per heavy atom. The van der Waals surface area contributed by atoms with Crippen molar-refractivity contribution in [2.75, 3.05) is 36.9 Å². The molecule has 4 nitrogen and oxygen atoms in total. The molecule has 116 valence electrons. The van der Waals surface area contributed by atoms with Gasteiger partial charge in [-0.05, 0) is 49.0 Å². The first-order valence-corrected chi connectivity index (χ1v) is 8.58. The van der Waals surface area contributed by atoms with Crippen LogP contribution in [0.4, 0.5) is 11.4 Å². The summed E-state index contributed by atoms with van der Waals surface area (Å²) in [4.78, 5) is 3.40. The van der Waals surface area contributed by atoms with E-state index in [4.69, 9.17) is 5.41 Å². The van der Waals surface area contributed by atoms with Gasteiger partial charge in [-0.1, -0.05) is 12.1 Å². The van der Waals surface area contributed by atoms with E-state index in [-0.39, 0.29) is 0 Å². The highest BCUT2D eigenvalue weighted by Gasteiger charge is 2.17. The molecule has 0 unspecified atom stereocenters. The van der Waals surface area contributed by atoms with Crippen molar-refractivity contribution in [1.29, 1.82) is 5.41 Å². The summed E-state index contributed by atoms with van der Waals surface area (Å²) in [6.07, 6.45) is 2.36. The van der Waals surface area contributed by atoms with Gasteiger partial charge in [-0.3, -0.25) is 5.41 Å². The fraction of sp³-hybridized carbons (Fsp3) is 0.353. The highest BCUT2D eigenvalue weighted by Crippen LogP contribution is 2.30. The quantitative estimate of drug-likeness (QED) is 0.587. The molecular formula is C17H22N4S. The van der Waals surface area contributed by atoms with Crippen LogP contribution in [0, 0.1) is 5.41 Å². The number of aryl methyl sites for hydroxylation is 1. The molecule has 0 radical (unpaired) electrons. The fourth-order valence-corrected chi connectivity index (χ4v) is 3.46. The number of benzene rings is 1. The van der Waals surface area contributed by atoms with Gasteiger partial charge in [-0.15, -0.1) is 11.3 Å². The number of rotatable bonds is 5. The Kier molecular flexibility index (Phi) is 4.75. The van der Waals surface area contributed by atoms with E-state index in [1.165, 1.54) is 17.7 Å². The fourth-order valence-electron chi connectivity index (χ4n) is 2.83. The van der Waals surface area contributed by atoms with E-state index < -0.39 is 0 Å². The van der Waals surface area contributed by atoms with Crippen molar-refractivity contribution in [1.82, 2.24) is 5.32 Å². The van der Waals surface area contributed by atoms with Gasteiger partial charge in [-0.2, -0.15) is 0 Å². The lowest BCUT2D eigenvalue weighted by Gasteiger charge is -2.31. The monoisotopic (exact) mass is 314 g/mol. The number of nitrogens with zero attached hydrogens (tertiary/aromatic N) is 1. The van der Waals surface area contributed by atoms with Gasteiger partial charge in [0.15, 0.2) is 0 Å². The average molecular weight is 314 g/mol. The minimum Gasteiger partial charge on any atom is -0.370 e. The van der Waals surface area contributed by atoms with E-state index in [2.05, 4.69) is 33.7 Å². The summed E-state index contributed by atoms with van der Waals surface area (Å²) in [5, 5.41) is 16.6. The van der Waals surface area contributed by atoms with Gasteiger partial charge in [0.05, 0.1) is 4.88 Å². The van der Waals surface area contributed by atoms with Crippen molar-refractivity contribution in [2.24, 2.45) is 0 Å². The van der Waals surface area contributed by atoms with Crippen LogP contribution < -0.4 is 15.5 Å². The van der Waals surface area contributed by atoms with Gasteiger partial charge in [0.25, 0.3) is 0 Å². The number of hydrogen-bond donors (Lipinski definition) is 3. The maximum Gasteiger partial charge on any atom is 0.140 e. The van der Waals surface area contributed by atoms with Crippen molar-refractivity contribution < 1.29 is 0 Å². The Morgan fingerprint density at radius 2 is 2.27 bits per heavy atom. The van der Waals surface area contributed by atoms with E-state index in [1.54, 1.807) is 11.3 Å². The molecule has 0 bridgehead atoms. The molecular weight excluding hydrogens is 292 g/mol. The van der Waals surface area contributed by atoms with Gasteiger partial charge in [-0.25, -0.2) is 0 Å². The molecule has 0 amide bonds. The van der Waals surface area contributed by atoms with E-state index in [0.717, 1.165) is 36.6 Å². The lowest BCUT2D eigenvalue weighted by Crippen LogP contribution is -2.34. The summed E-state index contributed by atoms with van der Waals surface area (Å²) in [6, 6.07) is 10.4. The number of likely N-dealkylation sites (N-methyl/N-ethyl adjacent to an activating group) is 1. The zero-order chi connectivity index (χ0) is 15.4. The summed E-state index contributed by atoms with van der Waals surface area (Å²) < 4.78 is 0. The highest BCUT2D eigenvalue weighted by molar-refractivity contribution is 7.12. The molecule has 2 aromatic rings. The van der Waals surface area contributed by atoms with Crippen molar-refractivity contribution in [3.05, 3.63) is 46.2 Å². The average Bonchev–Trinajstić information content (AvgIpc) is 3.07. The Balaban J connectivity index is 1.78. The van der Waals surface area contributed by atoms with Gasteiger partial charge in [0, 0.05) is 31.0 Å². The van der Waals surface area contributed by atoms with E-state index in [1.807, 2.05) is 24.6 Å². The topological polar surface area (TPSA) is 51.1 Å². The summed E-state index contributed by atoms with van der Waals surface area (Å²) in [5.74, 6) is 0.465. The predicted octanol–water partition coefficient (Wildman–Crippen LogP) is 3.16. The Bertz CT molecular complexity index is 636. The van der Waals surface area contributed by atoms with E-state index >= 15 is 0 Å². The van der Waals surface area contributed by atoms with Crippen LogP contribution in [0.15, 0.2) is 35.7 Å². The molecule has 3 N–H and O–H groups in total. The number of amidine groups is 1. The molecule has 0 saturated carbocycles. The third kappa shape index (κ3) is 3.31. The molecule has 1 aromatic carbocycles. The predicted molar refractivity (Wildman–Crippen MR) is 95.7 cm³/mol. The van der Waals surface area contributed by atoms with Crippen molar-refractivity contribution in [3.63, 3.8) is 0 Å². The Morgan fingerprint density at radius 1 is 1.36 bits per heavy atom. The molecule has 1 aromatic heterocycles. The van der Waals surface area contributed by atoms with Crippen molar-refractivity contribution >= 4 is 28.5 Å². The molecule has 2 heterocycles. The van der Waals surface area contributed by atoms with Gasteiger partial charge in [0.2, 0.25) is 0 Å². The number of thiophene rings is 1. The van der Waals surface area contributed by atoms with E-state index in [9.17, 15) is 0 Å². The largest absolute Gasteiger partial charge is 0.370 e. The smallest absolute Gasteiger partial charge is 0.140 e. The summed E-state index contributed by atoms with van der Waals surface area (Å²) in [7, 11) is 1.99.